The molecule has 0 aliphatic carbocycles. The molecular formula is C20H26Cl2N6O2. The molecule has 0 aliphatic rings. The summed E-state index contributed by atoms with van der Waals surface area (Å²) in [6, 6.07) is 5.22. The minimum absolute atomic E-state index is 0.0394. The van der Waals surface area contributed by atoms with Gasteiger partial charge in [-0.3, -0.25) is 14.9 Å². The highest BCUT2D eigenvalue weighted by atomic mass is 35.5. The second kappa shape index (κ2) is 12.6. The quantitative estimate of drug-likeness (QED) is 0.169. The molecule has 0 saturated carbocycles. The maximum Gasteiger partial charge on any atom is 0.268 e. The van der Waals surface area contributed by atoms with E-state index in [0.29, 0.717) is 15.7 Å². The van der Waals surface area contributed by atoms with E-state index in [0.717, 1.165) is 11.1 Å². The number of aliphatic imine (C=N–C) groups is 1. The molecule has 0 spiro atoms. The zero-order valence-electron chi connectivity index (χ0n) is 17.1. The van der Waals surface area contributed by atoms with E-state index in [2.05, 4.69) is 32.8 Å². The van der Waals surface area contributed by atoms with Gasteiger partial charge in [0.15, 0.2) is 5.96 Å². The average Bonchev–Trinajstić information content (AvgIpc) is 2.72. The van der Waals surface area contributed by atoms with E-state index >= 15 is 0 Å². The number of benzene rings is 1. The summed E-state index contributed by atoms with van der Waals surface area (Å²) in [5, 5.41) is 11.5. The Bertz CT molecular complexity index is 893. The summed E-state index contributed by atoms with van der Waals surface area (Å²) >= 11 is 11.9. The number of nitrogens with two attached hydrogens (primary N) is 1. The second-order valence-electron chi connectivity index (χ2n) is 6.01. The van der Waals surface area contributed by atoms with Crippen molar-refractivity contribution < 1.29 is 9.59 Å². The van der Waals surface area contributed by atoms with Crippen LogP contribution in [0.2, 0.25) is 10.0 Å². The van der Waals surface area contributed by atoms with Crippen LogP contribution in [0.15, 0.2) is 53.3 Å². The van der Waals surface area contributed by atoms with Crippen LogP contribution < -0.4 is 27.0 Å². The Kier molecular flexibility index (Phi) is 10.5. The molecule has 0 aliphatic heterocycles. The summed E-state index contributed by atoms with van der Waals surface area (Å²) in [5.74, 6) is -0.822. The number of hydrogen-bond donors (Lipinski definition) is 5. The fourth-order valence-electron chi connectivity index (χ4n) is 2.17. The first-order chi connectivity index (χ1) is 14.2. The molecule has 1 aromatic carbocycles. The summed E-state index contributed by atoms with van der Waals surface area (Å²) in [7, 11) is 3.18. The molecular weight excluding hydrogens is 427 g/mol. The van der Waals surface area contributed by atoms with Gasteiger partial charge in [0.25, 0.3) is 5.91 Å². The Hall–Kier alpha value is -2.97. The summed E-state index contributed by atoms with van der Waals surface area (Å²) in [6.07, 6.45) is 3.51. The first kappa shape index (κ1) is 25.1. The molecule has 162 valence electrons. The van der Waals surface area contributed by atoms with Crippen molar-refractivity contribution in [3.8, 4) is 0 Å². The Morgan fingerprint density at radius 1 is 1.20 bits per heavy atom. The first-order valence-electron chi connectivity index (χ1n) is 8.94. The third-order valence-corrected chi connectivity index (χ3v) is 4.61. The number of nitrogens with zero attached hydrogens (tertiary/aromatic N) is 1. The maximum atomic E-state index is 12.0. The van der Waals surface area contributed by atoms with E-state index in [1.165, 1.54) is 7.05 Å². The van der Waals surface area contributed by atoms with Crippen molar-refractivity contribution in [2.75, 3.05) is 27.2 Å². The molecule has 1 rings (SSSR count). The number of guanidine groups is 1. The van der Waals surface area contributed by atoms with Crippen LogP contribution in [0.4, 0.5) is 0 Å². The Morgan fingerprint density at radius 3 is 2.50 bits per heavy atom. The number of rotatable bonds is 9. The van der Waals surface area contributed by atoms with Crippen molar-refractivity contribution in [2.24, 2.45) is 10.7 Å². The molecule has 0 fully saturated rings. The molecule has 0 aromatic heterocycles. The molecule has 30 heavy (non-hydrogen) atoms. The van der Waals surface area contributed by atoms with E-state index in [-0.39, 0.29) is 30.7 Å². The highest BCUT2D eigenvalue weighted by Crippen LogP contribution is 2.25. The van der Waals surface area contributed by atoms with Crippen molar-refractivity contribution in [1.82, 2.24) is 21.3 Å². The monoisotopic (exact) mass is 452 g/mol. The fourth-order valence-corrected chi connectivity index (χ4v) is 2.46. The van der Waals surface area contributed by atoms with Gasteiger partial charge >= 0.3 is 0 Å². The molecule has 0 radical (unpaired) electrons. The van der Waals surface area contributed by atoms with Crippen LogP contribution in [0.5, 0.6) is 0 Å². The van der Waals surface area contributed by atoms with Crippen LogP contribution in [-0.2, 0) is 9.59 Å². The SMILES string of the molecule is C=C(/C=C\CN=C(N)NC(=O)CN/C(C(=O)NC)=C(/C)NC)c1ccc(Cl)c(Cl)c1. The summed E-state index contributed by atoms with van der Waals surface area (Å²) in [4.78, 5) is 27.9. The highest BCUT2D eigenvalue weighted by Gasteiger charge is 2.12. The Morgan fingerprint density at radius 2 is 1.90 bits per heavy atom. The van der Waals surface area contributed by atoms with Gasteiger partial charge in [-0.15, -0.1) is 0 Å². The van der Waals surface area contributed by atoms with Gasteiger partial charge in [0.2, 0.25) is 5.91 Å². The zero-order valence-corrected chi connectivity index (χ0v) is 18.6. The normalized spacial score (nSPS) is 12.2. The number of carbonyl (C=O) groups excluding carboxylic acids is 2. The number of likely N-dealkylation sites (N-methyl/N-ethyl adjacent to an activating group) is 1. The summed E-state index contributed by atoms with van der Waals surface area (Å²) in [5.41, 5.74) is 8.12. The molecule has 2 amide bonds. The van der Waals surface area contributed by atoms with Crippen molar-refractivity contribution >= 4 is 46.5 Å². The van der Waals surface area contributed by atoms with Crippen molar-refractivity contribution in [3.05, 3.63) is 63.9 Å². The zero-order chi connectivity index (χ0) is 22.7. The van der Waals surface area contributed by atoms with Crippen molar-refractivity contribution in [3.63, 3.8) is 0 Å². The molecule has 0 atom stereocenters. The number of allylic oxidation sites excluding steroid dienone is 3. The number of hydrogen-bond acceptors (Lipinski definition) is 5. The predicted molar refractivity (Wildman–Crippen MR) is 123 cm³/mol. The van der Waals surface area contributed by atoms with Gasteiger partial charge in [0.05, 0.1) is 23.1 Å². The molecule has 0 heterocycles. The average molecular weight is 453 g/mol. The van der Waals surface area contributed by atoms with Crippen LogP contribution >= 0.6 is 23.2 Å². The maximum absolute atomic E-state index is 12.0. The van der Waals surface area contributed by atoms with Gasteiger partial charge < -0.3 is 21.7 Å². The van der Waals surface area contributed by atoms with E-state index in [1.807, 2.05) is 6.07 Å². The van der Waals surface area contributed by atoms with Crippen molar-refractivity contribution in [2.45, 2.75) is 6.92 Å². The lowest BCUT2D eigenvalue weighted by Crippen LogP contribution is -2.43. The van der Waals surface area contributed by atoms with Crippen LogP contribution in [-0.4, -0.2) is 45.0 Å². The lowest BCUT2D eigenvalue weighted by atomic mass is 10.1. The van der Waals surface area contributed by atoms with Gasteiger partial charge in [-0.1, -0.05) is 48.0 Å². The number of amides is 2. The van der Waals surface area contributed by atoms with Gasteiger partial charge in [-0.05, 0) is 30.2 Å². The van der Waals surface area contributed by atoms with Gasteiger partial charge in [-0.25, -0.2) is 4.99 Å². The molecule has 0 bridgehead atoms. The van der Waals surface area contributed by atoms with Crippen molar-refractivity contribution in [1.29, 1.82) is 0 Å². The van der Waals surface area contributed by atoms with Crippen LogP contribution in [0, 0.1) is 0 Å². The largest absolute Gasteiger partial charge is 0.390 e. The molecule has 8 nitrogen and oxygen atoms in total. The number of halogens is 2. The molecule has 0 unspecified atom stereocenters. The minimum atomic E-state index is -0.439. The smallest absolute Gasteiger partial charge is 0.268 e. The molecule has 10 heteroatoms. The van der Waals surface area contributed by atoms with Gasteiger partial charge in [0.1, 0.15) is 5.70 Å². The van der Waals surface area contributed by atoms with Crippen LogP contribution in [0.3, 0.4) is 0 Å². The van der Waals surface area contributed by atoms with E-state index in [4.69, 9.17) is 28.9 Å². The lowest BCUT2D eigenvalue weighted by molar-refractivity contribution is -0.119. The number of nitrogens with one attached hydrogen (secondary N) is 4. The Labute approximate surface area is 186 Å². The van der Waals surface area contributed by atoms with E-state index in [9.17, 15) is 9.59 Å². The standard InChI is InChI=1S/C20H26Cl2N6O2/c1-12(14-7-8-15(21)16(22)10-14)6-5-9-26-20(23)28-17(29)11-27-18(13(2)24-3)19(30)25-4/h5-8,10,24,27H,1,9,11H2,2-4H3,(H,25,30)(H3,23,26,28,29)/b6-5-,18-13-. The third-order valence-electron chi connectivity index (χ3n) is 3.87. The minimum Gasteiger partial charge on any atom is -0.390 e. The van der Waals surface area contributed by atoms with E-state index in [1.54, 1.807) is 38.3 Å². The Balaban J connectivity index is 2.55. The number of carbonyl (C=O) groups is 2. The van der Waals surface area contributed by atoms with Gasteiger partial charge in [0, 0.05) is 19.8 Å². The molecule has 6 N–H and O–H groups in total. The van der Waals surface area contributed by atoms with Crippen LogP contribution in [0.1, 0.15) is 12.5 Å². The summed E-state index contributed by atoms with van der Waals surface area (Å²) < 4.78 is 0. The lowest BCUT2D eigenvalue weighted by Gasteiger charge is -2.13. The highest BCUT2D eigenvalue weighted by molar-refractivity contribution is 6.42. The third kappa shape index (κ3) is 8.18. The topological polar surface area (TPSA) is 121 Å². The second-order valence-corrected chi connectivity index (χ2v) is 6.83. The fraction of sp³-hybridized carbons (Fsp3) is 0.250. The van der Waals surface area contributed by atoms with Gasteiger partial charge in [-0.2, -0.15) is 0 Å². The molecule has 1 aromatic rings. The first-order valence-corrected chi connectivity index (χ1v) is 9.70. The van der Waals surface area contributed by atoms with E-state index < -0.39 is 5.91 Å². The predicted octanol–water partition coefficient (Wildman–Crippen LogP) is 1.78. The molecule has 0 saturated heterocycles. The summed E-state index contributed by atoms with van der Waals surface area (Å²) in [6.45, 7) is 5.75. The van der Waals surface area contributed by atoms with Crippen LogP contribution in [0.25, 0.3) is 5.57 Å².